The SMILES string of the molecule is CC(NC(=O)C1CC1c1ccc2ccccc2c1)C(=O)O. The highest BCUT2D eigenvalue weighted by Gasteiger charge is 2.44. The summed E-state index contributed by atoms with van der Waals surface area (Å²) in [5.41, 5.74) is 1.15. The van der Waals surface area contributed by atoms with Crippen LogP contribution in [0.3, 0.4) is 0 Å². The van der Waals surface area contributed by atoms with E-state index in [1.54, 1.807) is 0 Å². The second kappa shape index (κ2) is 5.20. The Bertz CT molecular complexity index is 710. The van der Waals surface area contributed by atoms with Gasteiger partial charge in [-0.05, 0) is 35.6 Å². The van der Waals surface area contributed by atoms with Gasteiger partial charge < -0.3 is 10.4 Å². The van der Waals surface area contributed by atoms with Crippen LogP contribution in [0.15, 0.2) is 42.5 Å². The van der Waals surface area contributed by atoms with E-state index in [4.69, 9.17) is 5.11 Å². The zero-order valence-corrected chi connectivity index (χ0v) is 11.7. The molecule has 108 valence electrons. The van der Waals surface area contributed by atoms with Crippen molar-refractivity contribution in [3.8, 4) is 0 Å². The number of rotatable bonds is 4. The third-order valence-corrected chi connectivity index (χ3v) is 4.06. The number of hydrogen-bond donors (Lipinski definition) is 2. The molecule has 2 aromatic carbocycles. The first-order valence-electron chi connectivity index (χ1n) is 7.08. The lowest BCUT2D eigenvalue weighted by atomic mass is 10.0. The van der Waals surface area contributed by atoms with Gasteiger partial charge in [-0.2, -0.15) is 0 Å². The number of benzene rings is 2. The highest BCUT2D eigenvalue weighted by Crippen LogP contribution is 2.48. The Morgan fingerprint density at radius 2 is 1.90 bits per heavy atom. The van der Waals surface area contributed by atoms with E-state index in [-0.39, 0.29) is 17.7 Å². The maximum absolute atomic E-state index is 12.0. The number of carboxylic acid groups (broad SMARTS) is 1. The van der Waals surface area contributed by atoms with Gasteiger partial charge in [-0.25, -0.2) is 0 Å². The van der Waals surface area contributed by atoms with Crippen molar-refractivity contribution < 1.29 is 14.7 Å². The minimum Gasteiger partial charge on any atom is -0.480 e. The van der Waals surface area contributed by atoms with Crippen molar-refractivity contribution in [2.24, 2.45) is 5.92 Å². The molecule has 0 saturated heterocycles. The zero-order valence-electron chi connectivity index (χ0n) is 11.7. The van der Waals surface area contributed by atoms with Gasteiger partial charge in [0.2, 0.25) is 5.91 Å². The molecule has 3 unspecified atom stereocenters. The maximum Gasteiger partial charge on any atom is 0.325 e. The van der Waals surface area contributed by atoms with Gasteiger partial charge in [-0.1, -0.05) is 42.5 Å². The van der Waals surface area contributed by atoms with Crippen LogP contribution < -0.4 is 5.32 Å². The molecule has 1 aliphatic carbocycles. The molecule has 0 bridgehead atoms. The van der Waals surface area contributed by atoms with E-state index in [1.807, 2.05) is 12.1 Å². The smallest absolute Gasteiger partial charge is 0.325 e. The van der Waals surface area contributed by atoms with Crippen LogP contribution in [0.1, 0.15) is 24.8 Å². The van der Waals surface area contributed by atoms with Crippen molar-refractivity contribution in [2.45, 2.75) is 25.3 Å². The highest BCUT2D eigenvalue weighted by molar-refractivity contribution is 5.88. The molecule has 21 heavy (non-hydrogen) atoms. The molecule has 0 aliphatic heterocycles. The third kappa shape index (κ3) is 2.75. The fourth-order valence-electron chi connectivity index (χ4n) is 2.67. The standard InChI is InChI=1S/C17H17NO3/c1-10(17(20)21)18-16(19)15-9-14(15)13-7-6-11-4-2-3-5-12(11)8-13/h2-8,10,14-15H,9H2,1H3,(H,18,19)(H,20,21). The van der Waals surface area contributed by atoms with Crippen molar-refractivity contribution >= 4 is 22.6 Å². The lowest BCUT2D eigenvalue weighted by Crippen LogP contribution is -2.39. The molecule has 0 spiro atoms. The first kappa shape index (κ1) is 13.6. The van der Waals surface area contributed by atoms with E-state index in [9.17, 15) is 9.59 Å². The molecule has 0 radical (unpaired) electrons. The Hall–Kier alpha value is -2.36. The van der Waals surface area contributed by atoms with Crippen molar-refractivity contribution in [1.29, 1.82) is 0 Å². The van der Waals surface area contributed by atoms with E-state index < -0.39 is 12.0 Å². The van der Waals surface area contributed by atoms with E-state index >= 15 is 0 Å². The van der Waals surface area contributed by atoms with E-state index in [0.29, 0.717) is 0 Å². The van der Waals surface area contributed by atoms with E-state index in [2.05, 4.69) is 35.6 Å². The lowest BCUT2D eigenvalue weighted by Gasteiger charge is -2.09. The molecule has 3 atom stereocenters. The summed E-state index contributed by atoms with van der Waals surface area (Å²) >= 11 is 0. The predicted octanol–water partition coefficient (Wildman–Crippen LogP) is 2.53. The number of aliphatic carboxylic acids is 1. The minimum atomic E-state index is -1.01. The first-order valence-corrected chi connectivity index (χ1v) is 7.08. The van der Waals surface area contributed by atoms with Crippen LogP contribution in [0, 0.1) is 5.92 Å². The highest BCUT2D eigenvalue weighted by atomic mass is 16.4. The molecule has 1 amide bonds. The number of fused-ring (bicyclic) bond motifs is 1. The van der Waals surface area contributed by atoms with Crippen LogP contribution in [0.4, 0.5) is 0 Å². The molecule has 3 rings (SSSR count). The Morgan fingerprint density at radius 3 is 2.62 bits per heavy atom. The van der Waals surface area contributed by atoms with Crippen molar-refractivity contribution in [3.05, 3.63) is 48.0 Å². The quantitative estimate of drug-likeness (QED) is 0.906. The van der Waals surface area contributed by atoms with Gasteiger partial charge in [-0.3, -0.25) is 9.59 Å². The van der Waals surface area contributed by atoms with Gasteiger partial charge in [0.1, 0.15) is 6.04 Å². The topological polar surface area (TPSA) is 66.4 Å². The number of nitrogens with one attached hydrogen (secondary N) is 1. The summed E-state index contributed by atoms with van der Waals surface area (Å²) < 4.78 is 0. The molecular formula is C17H17NO3. The number of hydrogen-bond acceptors (Lipinski definition) is 2. The Morgan fingerprint density at radius 1 is 1.19 bits per heavy atom. The van der Waals surface area contributed by atoms with Gasteiger partial charge in [0, 0.05) is 5.92 Å². The second-order valence-corrected chi connectivity index (χ2v) is 5.62. The van der Waals surface area contributed by atoms with Crippen molar-refractivity contribution in [1.82, 2.24) is 5.32 Å². The van der Waals surface area contributed by atoms with Gasteiger partial charge in [0.05, 0.1) is 0 Å². The number of carbonyl (C=O) groups is 2. The van der Waals surface area contributed by atoms with Crippen molar-refractivity contribution in [3.63, 3.8) is 0 Å². The van der Waals surface area contributed by atoms with Crippen LogP contribution in [0.25, 0.3) is 10.8 Å². The van der Waals surface area contributed by atoms with Crippen LogP contribution >= 0.6 is 0 Å². The molecule has 2 N–H and O–H groups in total. The average molecular weight is 283 g/mol. The number of carbonyl (C=O) groups excluding carboxylic acids is 1. The Labute approximate surface area is 122 Å². The Kier molecular flexibility index (Phi) is 3.37. The number of amides is 1. The van der Waals surface area contributed by atoms with Crippen LogP contribution in [-0.2, 0) is 9.59 Å². The second-order valence-electron chi connectivity index (χ2n) is 5.62. The van der Waals surface area contributed by atoms with Gasteiger partial charge >= 0.3 is 5.97 Å². The molecule has 4 nitrogen and oxygen atoms in total. The number of carboxylic acids is 1. The molecule has 1 fully saturated rings. The third-order valence-electron chi connectivity index (χ3n) is 4.06. The minimum absolute atomic E-state index is 0.104. The molecule has 4 heteroatoms. The molecule has 2 aromatic rings. The maximum atomic E-state index is 12.0. The summed E-state index contributed by atoms with van der Waals surface area (Å²) in [6, 6.07) is 13.5. The largest absolute Gasteiger partial charge is 0.480 e. The molecule has 0 aromatic heterocycles. The monoisotopic (exact) mass is 283 g/mol. The summed E-state index contributed by atoms with van der Waals surface area (Å²) in [5, 5.41) is 13.7. The fourth-order valence-corrected chi connectivity index (χ4v) is 2.67. The van der Waals surface area contributed by atoms with Crippen molar-refractivity contribution in [2.75, 3.05) is 0 Å². The Balaban J connectivity index is 1.71. The molecule has 1 saturated carbocycles. The van der Waals surface area contributed by atoms with Crippen LogP contribution in [0.5, 0.6) is 0 Å². The summed E-state index contributed by atoms with van der Waals surface area (Å²) in [5.74, 6) is -1.07. The lowest BCUT2D eigenvalue weighted by molar-refractivity contribution is -0.141. The van der Waals surface area contributed by atoms with Gasteiger partial charge in [-0.15, -0.1) is 0 Å². The average Bonchev–Trinajstić information content (AvgIpc) is 3.27. The normalized spacial score (nSPS) is 21.8. The summed E-state index contributed by atoms with van der Waals surface area (Å²) in [4.78, 5) is 22.8. The summed E-state index contributed by atoms with van der Waals surface area (Å²) in [6.45, 7) is 1.48. The summed E-state index contributed by atoms with van der Waals surface area (Å²) in [6.07, 6.45) is 0.788. The molecule has 0 heterocycles. The van der Waals surface area contributed by atoms with E-state index in [1.165, 1.54) is 17.7 Å². The van der Waals surface area contributed by atoms with Crippen LogP contribution in [-0.4, -0.2) is 23.0 Å². The molecular weight excluding hydrogens is 266 g/mol. The summed E-state index contributed by atoms with van der Waals surface area (Å²) in [7, 11) is 0. The first-order chi connectivity index (χ1) is 10.1. The fraction of sp³-hybridized carbons (Fsp3) is 0.294. The van der Waals surface area contributed by atoms with Gasteiger partial charge in [0.15, 0.2) is 0 Å². The van der Waals surface area contributed by atoms with E-state index in [0.717, 1.165) is 12.0 Å². The predicted molar refractivity (Wildman–Crippen MR) is 80.0 cm³/mol. The molecule has 1 aliphatic rings. The van der Waals surface area contributed by atoms with Crippen LogP contribution in [0.2, 0.25) is 0 Å². The zero-order chi connectivity index (χ0) is 15.0. The van der Waals surface area contributed by atoms with Gasteiger partial charge in [0.25, 0.3) is 0 Å².